The van der Waals surface area contributed by atoms with Gasteiger partial charge in [-0.25, -0.2) is 0 Å². The molecule has 14 heavy (non-hydrogen) atoms. The molecular formula is C10H8BrNO2. The van der Waals surface area contributed by atoms with Crippen molar-refractivity contribution in [2.24, 2.45) is 0 Å². The number of rotatable bonds is 2. The monoisotopic (exact) mass is 253 g/mol. The quantitative estimate of drug-likeness (QED) is 0.649. The molecule has 0 spiro atoms. The van der Waals surface area contributed by atoms with E-state index in [2.05, 4.69) is 15.9 Å². The van der Waals surface area contributed by atoms with Crippen molar-refractivity contribution >= 4 is 21.7 Å². The highest BCUT2D eigenvalue weighted by Crippen LogP contribution is 2.23. The summed E-state index contributed by atoms with van der Waals surface area (Å²) in [5.41, 5.74) is 1.25. The lowest BCUT2D eigenvalue weighted by Gasteiger charge is -2.05. The van der Waals surface area contributed by atoms with Crippen molar-refractivity contribution in [2.75, 3.05) is 5.33 Å². The fourth-order valence-corrected chi connectivity index (χ4v) is 1.54. The Morgan fingerprint density at radius 1 is 1.64 bits per heavy atom. The Morgan fingerprint density at radius 3 is 2.71 bits per heavy atom. The Balaban J connectivity index is 3.34. The van der Waals surface area contributed by atoms with Crippen LogP contribution in [0.3, 0.4) is 0 Å². The molecule has 0 saturated carbocycles. The molecule has 0 unspecified atom stereocenters. The third-order valence-electron chi connectivity index (χ3n) is 1.84. The number of carbonyl (C=O) groups excluding carboxylic acids is 1. The maximum absolute atomic E-state index is 11.4. The van der Waals surface area contributed by atoms with Crippen LogP contribution in [0, 0.1) is 18.3 Å². The molecule has 1 aromatic carbocycles. The molecule has 0 aliphatic heterocycles. The van der Waals surface area contributed by atoms with Gasteiger partial charge in [0, 0.05) is 0 Å². The minimum atomic E-state index is -0.190. The molecule has 0 atom stereocenters. The lowest BCUT2D eigenvalue weighted by Crippen LogP contribution is -2.03. The molecule has 0 amide bonds. The number of alkyl halides is 1. The van der Waals surface area contributed by atoms with E-state index < -0.39 is 0 Å². The van der Waals surface area contributed by atoms with Gasteiger partial charge in [0.1, 0.15) is 5.75 Å². The summed E-state index contributed by atoms with van der Waals surface area (Å²) in [5.74, 6) is -0.324. The first kappa shape index (κ1) is 10.7. The van der Waals surface area contributed by atoms with Crippen molar-refractivity contribution in [1.29, 1.82) is 5.26 Å². The largest absolute Gasteiger partial charge is 0.507 e. The Labute approximate surface area is 90.1 Å². The third kappa shape index (κ3) is 1.94. The maximum atomic E-state index is 11.4. The maximum Gasteiger partial charge on any atom is 0.177 e. The number of ketones is 1. The number of nitriles is 1. The minimum Gasteiger partial charge on any atom is -0.507 e. The number of aromatic hydroxyl groups is 1. The average Bonchev–Trinajstić information content (AvgIpc) is 2.16. The van der Waals surface area contributed by atoms with E-state index in [-0.39, 0.29) is 22.4 Å². The summed E-state index contributed by atoms with van der Waals surface area (Å²) in [6, 6.07) is 4.78. The smallest absolute Gasteiger partial charge is 0.177 e. The van der Waals surface area contributed by atoms with Gasteiger partial charge >= 0.3 is 0 Å². The van der Waals surface area contributed by atoms with E-state index >= 15 is 0 Å². The number of benzene rings is 1. The zero-order valence-electron chi connectivity index (χ0n) is 7.54. The van der Waals surface area contributed by atoms with Crippen molar-refractivity contribution in [3.05, 3.63) is 28.8 Å². The SMILES string of the molecule is Cc1cc(C#N)cc(O)c1C(=O)CBr. The molecule has 1 aromatic rings. The molecule has 72 valence electrons. The Morgan fingerprint density at radius 2 is 2.29 bits per heavy atom. The van der Waals surface area contributed by atoms with E-state index in [4.69, 9.17) is 5.26 Å². The lowest BCUT2D eigenvalue weighted by molar-refractivity contribution is 0.102. The normalized spacial score (nSPS) is 9.50. The Kier molecular flexibility index (Phi) is 3.26. The van der Waals surface area contributed by atoms with Crippen LogP contribution in [-0.4, -0.2) is 16.2 Å². The third-order valence-corrected chi connectivity index (χ3v) is 2.35. The molecule has 4 heteroatoms. The zero-order chi connectivity index (χ0) is 10.7. The number of halogens is 1. The minimum absolute atomic E-state index is 0.133. The fraction of sp³-hybridized carbons (Fsp3) is 0.200. The molecule has 0 bridgehead atoms. The van der Waals surface area contributed by atoms with Gasteiger partial charge in [0.25, 0.3) is 0 Å². The standard InChI is InChI=1S/C10H8BrNO2/c1-6-2-7(5-12)3-8(13)10(6)9(14)4-11/h2-3,13H,4H2,1H3. The summed E-state index contributed by atoms with van der Waals surface area (Å²) in [7, 11) is 0. The van der Waals surface area contributed by atoms with Crippen molar-refractivity contribution in [1.82, 2.24) is 0 Å². The molecule has 0 aromatic heterocycles. The van der Waals surface area contributed by atoms with Crippen LogP contribution in [0.1, 0.15) is 21.5 Å². The summed E-state index contributed by atoms with van der Waals surface area (Å²) in [6.45, 7) is 1.69. The van der Waals surface area contributed by atoms with Crippen LogP contribution in [0.2, 0.25) is 0 Å². The van der Waals surface area contributed by atoms with E-state index in [0.29, 0.717) is 11.1 Å². The molecule has 0 aliphatic rings. The number of phenols is 1. The topological polar surface area (TPSA) is 61.1 Å². The second kappa shape index (κ2) is 4.25. The van der Waals surface area contributed by atoms with Crippen molar-refractivity contribution < 1.29 is 9.90 Å². The van der Waals surface area contributed by atoms with Gasteiger partial charge in [0.15, 0.2) is 5.78 Å². The zero-order valence-corrected chi connectivity index (χ0v) is 9.13. The summed E-state index contributed by atoms with van der Waals surface area (Å²) >= 11 is 3.03. The van der Waals surface area contributed by atoms with Gasteiger partial charge in [0.2, 0.25) is 0 Å². The first-order valence-electron chi connectivity index (χ1n) is 3.93. The lowest BCUT2D eigenvalue weighted by atomic mass is 10.0. The van der Waals surface area contributed by atoms with Gasteiger partial charge in [-0.2, -0.15) is 5.26 Å². The van der Waals surface area contributed by atoms with Gasteiger partial charge in [-0.3, -0.25) is 4.79 Å². The highest BCUT2D eigenvalue weighted by molar-refractivity contribution is 9.09. The molecule has 0 aliphatic carbocycles. The molecule has 3 nitrogen and oxygen atoms in total. The van der Waals surface area contributed by atoms with E-state index in [0.717, 1.165) is 0 Å². The summed E-state index contributed by atoms with van der Waals surface area (Å²) in [5, 5.41) is 18.3. The highest BCUT2D eigenvalue weighted by Gasteiger charge is 2.13. The molecule has 1 N–H and O–H groups in total. The summed E-state index contributed by atoms with van der Waals surface area (Å²) < 4.78 is 0. The fourth-order valence-electron chi connectivity index (χ4n) is 1.26. The molecule has 0 radical (unpaired) electrons. The predicted octanol–water partition coefficient (Wildman–Crippen LogP) is 2.15. The van der Waals surface area contributed by atoms with Crippen LogP contribution in [-0.2, 0) is 0 Å². The van der Waals surface area contributed by atoms with E-state index in [1.165, 1.54) is 6.07 Å². The van der Waals surface area contributed by atoms with E-state index in [1.807, 2.05) is 6.07 Å². The van der Waals surface area contributed by atoms with Crippen LogP contribution >= 0.6 is 15.9 Å². The van der Waals surface area contributed by atoms with Gasteiger partial charge < -0.3 is 5.11 Å². The Hall–Kier alpha value is -1.34. The van der Waals surface area contributed by atoms with Crippen LogP contribution < -0.4 is 0 Å². The number of hydrogen-bond donors (Lipinski definition) is 1. The first-order chi connectivity index (χ1) is 6.60. The Bertz CT molecular complexity index is 398. The predicted molar refractivity (Wildman–Crippen MR) is 55.7 cm³/mol. The number of carbonyl (C=O) groups is 1. The van der Waals surface area contributed by atoms with Crippen LogP contribution in [0.5, 0.6) is 5.75 Å². The number of aryl methyl sites for hydroxylation is 1. The van der Waals surface area contributed by atoms with Crippen LogP contribution in [0.25, 0.3) is 0 Å². The van der Waals surface area contributed by atoms with Crippen molar-refractivity contribution in [3.8, 4) is 11.8 Å². The summed E-state index contributed by atoms with van der Waals surface area (Å²) in [4.78, 5) is 11.4. The number of nitrogens with zero attached hydrogens (tertiary/aromatic N) is 1. The van der Waals surface area contributed by atoms with E-state index in [1.54, 1.807) is 13.0 Å². The van der Waals surface area contributed by atoms with Crippen molar-refractivity contribution in [2.45, 2.75) is 6.92 Å². The number of phenolic OH excluding ortho intramolecular Hbond substituents is 1. The summed E-state index contributed by atoms with van der Waals surface area (Å²) in [6.07, 6.45) is 0. The number of hydrogen-bond acceptors (Lipinski definition) is 3. The number of Topliss-reactive ketones (excluding diaryl/α,β-unsaturated/α-hetero) is 1. The second-order valence-electron chi connectivity index (χ2n) is 2.86. The average molecular weight is 254 g/mol. The van der Waals surface area contributed by atoms with Gasteiger partial charge in [-0.05, 0) is 24.6 Å². The van der Waals surface area contributed by atoms with E-state index in [9.17, 15) is 9.90 Å². The molecule has 1 rings (SSSR count). The molecule has 0 fully saturated rings. The van der Waals surface area contributed by atoms with Crippen molar-refractivity contribution in [3.63, 3.8) is 0 Å². The molecular weight excluding hydrogens is 246 g/mol. The van der Waals surface area contributed by atoms with Gasteiger partial charge in [-0.1, -0.05) is 15.9 Å². The van der Waals surface area contributed by atoms with Gasteiger partial charge in [-0.15, -0.1) is 0 Å². The first-order valence-corrected chi connectivity index (χ1v) is 5.05. The highest BCUT2D eigenvalue weighted by atomic mass is 79.9. The molecule has 0 saturated heterocycles. The molecule has 0 heterocycles. The van der Waals surface area contributed by atoms with Gasteiger partial charge in [0.05, 0.1) is 22.5 Å². The van der Waals surface area contributed by atoms with Crippen LogP contribution in [0.4, 0.5) is 0 Å². The van der Waals surface area contributed by atoms with Crippen LogP contribution in [0.15, 0.2) is 12.1 Å². The second-order valence-corrected chi connectivity index (χ2v) is 3.42.